The molecule has 20 heteroatoms. The first kappa shape index (κ1) is 60.2. The molecule has 1 aliphatic rings. The maximum absolute atomic E-state index is 12.3. The van der Waals surface area contributed by atoms with Gasteiger partial charge in [0.05, 0.1) is 19.8 Å². The van der Waals surface area contributed by atoms with Gasteiger partial charge in [-0.15, -0.1) is 0 Å². The van der Waals surface area contributed by atoms with Gasteiger partial charge in [-0.3, -0.25) is 18.4 Å². The van der Waals surface area contributed by atoms with E-state index in [1.807, 2.05) is 0 Å². The summed E-state index contributed by atoms with van der Waals surface area (Å²) in [5.41, 5.74) is 4.52. The van der Waals surface area contributed by atoms with Crippen molar-refractivity contribution in [1.29, 1.82) is 0 Å². The van der Waals surface area contributed by atoms with Crippen LogP contribution in [0.1, 0.15) is 200 Å². The minimum Gasteiger partial charge on any atom is -0.457 e. The lowest BCUT2D eigenvalue weighted by Crippen LogP contribution is -2.36. The second kappa shape index (κ2) is 37.2. The molecule has 18 nitrogen and oxygen atoms in total. The summed E-state index contributed by atoms with van der Waals surface area (Å²) in [6, 6.07) is 1.29. The van der Waals surface area contributed by atoms with Crippen LogP contribution in [0.15, 0.2) is 17.1 Å². The topological polar surface area (TPSA) is 280 Å². The Bertz CT molecular complexity index is 1460. The number of aliphatic hydroxyl groups excluding tert-OH is 2. The number of nitrogens with two attached hydrogens (primary N) is 1. The molecular weight excluding hydrogens is 872 g/mol. The molecular formula is C44H85N3O15P2. The van der Waals surface area contributed by atoms with Crippen LogP contribution in [0.2, 0.25) is 0 Å². The molecule has 1 aromatic rings. The zero-order valence-electron chi connectivity index (χ0n) is 38.9. The summed E-state index contributed by atoms with van der Waals surface area (Å²) < 4.78 is 47.8. The lowest BCUT2D eigenvalue weighted by Gasteiger charge is -2.18. The van der Waals surface area contributed by atoms with Gasteiger partial charge >= 0.3 is 27.3 Å². The first-order valence-electron chi connectivity index (χ1n) is 24.1. The molecule has 1 unspecified atom stereocenters. The Morgan fingerprint density at radius 3 is 1.56 bits per heavy atom. The molecule has 0 aliphatic carbocycles. The number of rotatable bonds is 39. The molecule has 1 aliphatic heterocycles. The van der Waals surface area contributed by atoms with Gasteiger partial charge in [0.15, 0.2) is 6.23 Å². The molecule has 0 aromatic carbocycles. The molecule has 8 N–H and O–H groups in total. The highest BCUT2D eigenvalue weighted by molar-refractivity contribution is 7.46. The third-order valence-corrected chi connectivity index (χ3v) is 12.0. The highest BCUT2D eigenvalue weighted by atomic mass is 31.2. The van der Waals surface area contributed by atoms with Crippen LogP contribution in [0, 0.1) is 0 Å². The second-order valence-electron chi connectivity index (χ2n) is 16.9. The number of carbonyl (C=O) groups is 1. The van der Waals surface area contributed by atoms with Crippen LogP contribution < -0.4 is 11.4 Å². The van der Waals surface area contributed by atoms with E-state index in [0.29, 0.717) is 13.0 Å². The molecule has 64 heavy (non-hydrogen) atoms. The van der Waals surface area contributed by atoms with Crippen LogP contribution in [0.5, 0.6) is 0 Å². The SMILES string of the molecule is CCCCCCCCCCCCCCCCOCC(COP(=O)(O)O)OC(=O)CCCCCCCCCCCCCCC.Nc1ccn([C@@H]2O[C@H](COP(=O)(O)O)[C@@H](O)[C@@H]2O)c(=O)n1. The van der Waals surface area contributed by atoms with Crippen molar-refractivity contribution in [3.05, 3.63) is 22.7 Å². The average molecular weight is 958 g/mol. The summed E-state index contributed by atoms with van der Waals surface area (Å²) in [5.74, 6) is -0.381. The number of aliphatic hydroxyl groups is 2. The number of esters is 1. The summed E-state index contributed by atoms with van der Waals surface area (Å²) in [4.78, 5) is 62.7. The van der Waals surface area contributed by atoms with E-state index in [1.54, 1.807) is 0 Å². The summed E-state index contributed by atoms with van der Waals surface area (Å²) in [6.07, 6.45) is 29.4. The minimum atomic E-state index is -4.74. The number of hydrogen-bond donors (Lipinski definition) is 7. The first-order chi connectivity index (χ1) is 30.6. The van der Waals surface area contributed by atoms with Crippen molar-refractivity contribution >= 4 is 27.4 Å². The van der Waals surface area contributed by atoms with E-state index < -0.39 is 58.6 Å². The molecule has 1 aromatic heterocycles. The monoisotopic (exact) mass is 958 g/mol. The number of nitrogens with zero attached hydrogens (tertiary/aromatic N) is 2. The lowest BCUT2D eigenvalue weighted by molar-refractivity contribution is -0.154. The molecule has 376 valence electrons. The van der Waals surface area contributed by atoms with E-state index in [-0.39, 0.29) is 25.0 Å². The normalized spacial score (nSPS) is 18.2. The van der Waals surface area contributed by atoms with Gasteiger partial charge in [-0.1, -0.05) is 174 Å². The zero-order valence-corrected chi connectivity index (χ0v) is 40.7. The molecule has 1 fully saturated rings. The quantitative estimate of drug-likeness (QED) is 0.0185. The average Bonchev–Trinajstić information content (AvgIpc) is 3.51. The predicted octanol–water partition coefficient (Wildman–Crippen LogP) is 8.54. The van der Waals surface area contributed by atoms with Gasteiger partial charge in [0.1, 0.15) is 30.2 Å². The van der Waals surface area contributed by atoms with Crippen LogP contribution in [0.3, 0.4) is 0 Å². The van der Waals surface area contributed by atoms with Crippen molar-refractivity contribution in [1.82, 2.24) is 9.55 Å². The van der Waals surface area contributed by atoms with Crippen molar-refractivity contribution in [2.75, 3.05) is 32.2 Å². The van der Waals surface area contributed by atoms with Gasteiger partial charge < -0.3 is 49.7 Å². The Labute approximate surface area is 382 Å². The van der Waals surface area contributed by atoms with Gasteiger partial charge in [-0.25, -0.2) is 13.9 Å². The number of phosphoric ester groups is 2. The van der Waals surface area contributed by atoms with Gasteiger partial charge in [0.25, 0.3) is 0 Å². The maximum Gasteiger partial charge on any atom is 0.469 e. The van der Waals surface area contributed by atoms with Crippen LogP contribution in [-0.4, -0.2) is 96.2 Å². The van der Waals surface area contributed by atoms with Crippen molar-refractivity contribution in [3.63, 3.8) is 0 Å². The van der Waals surface area contributed by atoms with Gasteiger partial charge in [-0.05, 0) is 18.9 Å². The molecule has 1 saturated heterocycles. The minimum absolute atomic E-state index is 0.0225. The molecule has 2 rings (SSSR count). The number of anilines is 1. The number of unbranched alkanes of at least 4 members (excludes halogenated alkanes) is 25. The molecule has 0 radical (unpaired) electrons. The predicted molar refractivity (Wildman–Crippen MR) is 246 cm³/mol. The second-order valence-corrected chi connectivity index (χ2v) is 19.4. The van der Waals surface area contributed by atoms with E-state index in [1.165, 1.54) is 154 Å². The molecule has 5 atom stereocenters. The third kappa shape index (κ3) is 32.8. The van der Waals surface area contributed by atoms with Crippen LogP contribution in [0.25, 0.3) is 0 Å². The Kier molecular flexibility index (Phi) is 35.0. The van der Waals surface area contributed by atoms with E-state index in [2.05, 4.69) is 27.9 Å². The zero-order chi connectivity index (χ0) is 47.5. The van der Waals surface area contributed by atoms with Crippen LogP contribution in [0.4, 0.5) is 5.82 Å². The summed E-state index contributed by atoms with van der Waals surface area (Å²) in [6.45, 7) is 4.12. The fourth-order valence-corrected chi connectivity index (χ4v) is 8.03. The fourth-order valence-electron chi connectivity index (χ4n) is 7.33. The third-order valence-electron chi connectivity index (χ3n) is 11.0. The van der Waals surface area contributed by atoms with Crippen molar-refractivity contribution < 1.29 is 67.0 Å². The van der Waals surface area contributed by atoms with E-state index in [0.717, 1.165) is 36.7 Å². The number of carbonyl (C=O) groups excluding carboxylic acids is 1. The first-order valence-corrected chi connectivity index (χ1v) is 27.2. The molecule has 0 amide bonds. The van der Waals surface area contributed by atoms with E-state index in [4.69, 9.17) is 39.5 Å². The Morgan fingerprint density at radius 2 is 1.12 bits per heavy atom. The summed E-state index contributed by atoms with van der Waals surface area (Å²) in [5, 5.41) is 19.6. The highest BCUT2D eigenvalue weighted by Gasteiger charge is 2.45. The number of hydrogen-bond acceptors (Lipinski definition) is 13. The summed E-state index contributed by atoms with van der Waals surface area (Å²) >= 11 is 0. The van der Waals surface area contributed by atoms with E-state index in [9.17, 15) is 28.9 Å². The van der Waals surface area contributed by atoms with Crippen LogP contribution >= 0.6 is 15.6 Å². The Morgan fingerprint density at radius 1 is 0.688 bits per heavy atom. The van der Waals surface area contributed by atoms with Gasteiger partial charge in [-0.2, -0.15) is 4.98 Å². The largest absolute Gasteiger partial charge is 0.469 e. The molecule has 0 bridgehead atoms. The smallest absolute Gasteiger partial charge is 0.457 e. The molecule has 2 heterocycles. The van der Waals surface area contributed by atoms with Crippen molar-refractivity contribution in [3.8, 4) is 0 Å². The van der Waals surface area contributed by atoms with Gasteiger partial charge in [0.2, 0.25) is 0 Å². The number of nitrogen functional groups attached to an aromatic ring is 1. The van der Waals surface area contributed by atoms with Crippen molar-refractivity contribution in [2.24, 2.45) is 0 Å². The van der Waals surface area contributed by atoms with Gasteiger partial charge in [0, 0.05) is 19.2 Å². The number of phosphoric acid groups is 2. The standard InChI is InChI=1S/C35H71O7P.C9H14N3O8P/c1-3-5-7-9-11-13-15-17-19-21-23-25-27-29-31-40-32-34(33-41-43(37,38)39)42-35(36)30-28-26-24-22-20-18-16-14-12-10-8-6-4-2;10-5-1-2-12(9(15)11-5)8-7(14)6(13)4(20-8)3-19-21(16,17)18/h34H,3-33H2,1-2H3,(H2,37,38,39);1-2,4,6-8,13-14H,3H2,(H2,10,11,15)(H2,16,17,18)/t;4-,6-,7+,8-/m.1/s1. The maximum atomic E-state index is 12.3. The highest BCUT2D eigenvalue weighted by Crippen LogP contribution is 2.38. The summed E-state index contributed by atoms with van der Waals surface area (Å²) in [7, 11) is -9.38. The Hall–Kier alpha value is -1.79. The number of aromatic nitrogens is 2. The van der Waals surface area contributed by atoms with Crippen molar-refractivity contribution in [2.45, 2.75) is 224 Å². The Balaban J connectivity index is 0.000000804. The lowest BCUT2D eigenvalue weighted by atomic mass is 10.0. The van der Waals surface area contributed by atoms with Crippen LogP contribution in [-0.2, 0) is 37.2 Å². The fraction of sp³-hybridized carbons (Fsp3) is 0.886. The molecule has 0 saturated carbocycles. The molecule has 0 spiro atoms. The van der Waals surface area contributed by atoms with E-state index >= 15 is 0 Å². The number of ether oxygens (including phenoxy) is 3.